The van der Waals surface area contributed by atoms with Crippen LogP contribution in [0, 0.1) is 5.41 Å². The normalized spacial score (nSPS) is 15.7. The molecule has 2 N–H and O–H groups in total. The number of carbonyl (C=O) groups excluding carboxylic acids is 2. The van der Waals surface area contributed by atoms with Crippen LogP contribution in [0.3, 0.4) is 0 Å². The van der Waals surface area contributed by atoms with Crippen LogP contribution in [0.2, 0.25) is 0 Å². The molecule has 1 fully saturated rings. The zero-order valence-electron chi connectivity index (χ0n) is 12.8. The number of carbonyl (C=O) groups is 2. The Bertz CT molecular complexity index is 491. The van der Waals surface area contributed by atoms with E-state index in [-0.39, 0.29) is 17.9 Å². The second-order valence-corrected chi connectivity index (χ2v) is 6.25. The monoisotopic (exact) mass is 288 g/mol. The molecule has 1 aliphatic rings. The smallest absolute Gasteiger partial charge is 0.235 e. The van der Waals surface area contributed by atoms with Gasteiger partial charge in [0.25, 0.3) is 0 Å². The molecule has 0 unspecified atom stereocenters. The van der Waals surface area contributed by atoms with Crippen molar-refractivity contribution in [1.29, 1.82) is 0 Å². The van der Waals surface area contributed by atoms with Crippen molar-refractivity contribution in [1.82, 2.24) is 10.6 Å². The Morgan fingerprint density at radius 1 is 1.10 bits per heavy atom. The van der Waals surface area contributed by atoms with Gasteiger partial charge in [0.05, 0.1) is 0 Å². The van der Waals surface area contributed by atoms with Crippen LogP contribution in [0.4, 0.5) is 0 Å². The van der Waals surface area contributed by atoms with E-state index >= 15 is 0 Å². The fraction of sp³-hybridized carbons (Fsp3) is 0.529. The molecule has 0 saturated heterocycles. The molecular formula is C17H24N2O2. The molecule has 1 aromatic rings. The van der Waals surface area contributed by atoms with Crippen molar-refractivity contribution >= 4 is 11.8 Å². The third-order valence-electron chi connectivity index (χ3n) is 4.12. The fourth-order valence-electron chi connectivity index (χ4n) is 2.54. The molecule has 4 heteroatoms. The van der Waals surface area contributed by atoms with Crippen molar-refractivity contribution in [2.45, 2.75) is 52.1 Å². The van der Waals surface area contributed by atoms with E-state index in [4.69, 9.17) is 0 Å². The lowest BCUT2D eigenvalue weighted by atomic mass is 9.90. The Balaban J connectivity index is 1.88. The van der Waals surface area contributed by atoms with Crippen molar-refractivity contribution in [3.8, 4) is 0 Å². The van der Waals surface area contributed by atoms with Crippen molar-refractivity contribution in [3.63, 3.8) is 0 Å². The first-order chi connectivity index (χ1) is 10.00. The third-order valence-corrected chi connectivity index (χ3v) is 4.12. The molecule has 2 rings (SSSR count). The molecule has 0 spiro atoms. The van der Waals surface area contributed by atoms with E-state index in [9.17, 15) is 9.59 Å². The average Bonchev–Trinajstić information content (AvgIpc) is 2.98. The first-order valence-electron chi connectivity index (χ1n) is 7.63. The van der Waals surface area contributed by atoms with Gasteiger partial charge < -0.3 is 10.6 Å². The highest BCUT2D eigenvalue weighted by Gasteiger charge is 2.37. The van der Waals surface area contributed by atoms with Crippen LogP contribution >= 0.6 is 0 Å². The largest absolute Gasteiger partial charge is 0.352 e. The highest BCUT2D eigenvalue weighted by molar-refractivity contribution is 6.04. The van der Waals surface area contributed by atoms with Gasteiger partial charge in [-0.3, -0.25) is 9.59 Å². The summed E-state index contributed by atoms with van der Waals surface area (Å²) in [6.45, 7) is 3.80. The number of benzene rings is 1. The lowest BCUT2D eigenvalue weighted by molar-refractivity contribution is -0.141. The SMILES string of the molecule is CC(C)(C(=O)NCc1ccccc1)C(=O)NC1CCCC1. The van der Waals surface area contributed by atoms with E-state index < -0.39 is 5.41 Å². The number of nitrogens with one attached hydrogen (secondary N) is 2. The van der Waals surface area contributed by atoms with Crippen LogP contribution in [-0.2, 0) is 16.1 Å². The minimum absolute atomic E-state index is 0.181. The van der Waals surface area contributed by atoms with Crippen molar-refractivity contribution < 1.29 is 9.59 Å². The van der Waals surface area contributed by atoms with Gasteiger partial charge in [0.15, 0.2) is 0 Å². The van der Waals surface area contributed by atoms with E-state index in [0.29, 0.717) is 6.54 Å². The molecule has 4 nitrogen and oxygen atoms in total. The molecule has 2 amide bonds. The molecule has 0 aliphatic heterocycles. The summed E-state index contributed by atoms with van der Waals surface area (Å²) in [7, 11) is 0. The van der Waals surface area contributed by atoms with Gasteiger partial charge in [-0.25, -0.2) is 0 Å². The van der Waals surface area contributed by atoms with Crippen molar-refractivity contribution in [2.24, 2.45) is 5.41 Å². The summed E-state index contributed by atoms with van der Waals surface area (Å²) in [6.07, 6.45) is 4.36. The van der Waals surface area contributed by atoms with Gasteiger partial charge in [-0.1, -0.05) is 43.2 Å². The summed E-state index contributed by atoms with van der Waals surface area (Å²) in [6, 6.07) is 9.93. The highest BCUT2D eigenvalue weighted by atomic mass is 16.2. The molecule has 0 aromatic heterocycles. The first-order valence-corrected chi connectivity index (χ1v) is 7.63. The third kappa shape index (κ3) is 4.06. The van der Waals surface area contributed by atoms with Crippen LogP contribution in [0.5, 0.6) is 0 Å². The van der Waals surface area contributed by atoms with Crippen LogP contribution in [-0.4, -0.2) is 17.9 Å². The van der Waals surface area contributed by atoms with Crippen molar-refractivity contribution in [3.05, 3.63) is 35.9 Å². The van der Waals surface area contributed by atoms with Crippen LogP contribution in [0.25, 0.3) is 0 Å². The van der Waals surface area contributed by atoms with Crippen LogP contribution in [0.15, 0.2) is 30.3 Å². The molecule has 0 bridgehead atoms. The van der Waals surface area contributed by atoms with E-state index in [2.05, 4.69) is 10.6 Å². The van der Waals surface area contributed by atoms with Gasteiger partial charge in [0.1, 0.15) is 5.41 Å². The summed E-state index contributed by atoms with van der Waals surface area (Å²) in [4.78, 5) is 24.6. The van der Waals surface area contributed by atoms with E-state index in [0.717, 1.165) is 31.2 Å². The maximum absolute atomic E-state index is 12.3. The number of hydrogen-bond donors (Lipinski definition) is 2. The quantitative estimate of drug-likeness (QED) is 0.817. The second-order valence-electron chi connectivity index (χ2n) is 6.25. The molecular weight excluding hydrogens is 264 g/mol. The second kappa shape index (κ2) is 6.74. The number of rotatable bonds is 5. The summed E-state index contributed by atoms with van der Waals surface area (Å²) in [5, 5.41) is 5.84. The predicted octanol–water partition coefficient (Wildman–Crippen LogP) is 2.39. The van der Waals surface area contributed by atoms with Crippen LogP contribution < -0.4 is 10.6 Å². The summed E-state index contributed by atoms with van der Waals surface area (Å²) in [5.74, 6) is -0.415. The molecule has 21 heavy (non-hydrogen) atoms. The first kappa shape index (κ1) is 15.5. The van der Waals surface area contributed by atoms with Gasteiger partial charge in [0.2, 0.25) is 11.8 Å². The molecule has 1 aromatic carbocycles. The van der Waals surface area contributed by atoms with E-state index in [1.807, 2.05) is 30.3 Å². The van der Waals surface area contributed by atoms with Gasteiger partial charge in [-0.15, -0.1) is 0 Å². The molecule has 1 saturated carbocycles. The maximum Gasteiger partial charge on any atom is 0.235 e. The number of hydrogen-bond acceptors (Lipinski definition) is 2. The minimum Gasteiger partial charge on any atom is -0.352 e. The van der Waals surface area contributed by atoms with Gasteiger partial charge in [0, 0.05) is 12.6 Å². The molecule has 114 valence electrons. The minimum atomic E-state index is -1.04. The highest BCUT2D eigenvalue weighted by Crippen LogP contribution is 2.21. The number of amides is 2. The molecule has 0 heterocycles. The Kier molecular flexibility index (Phi) is 4.99. The fourth-order valence-corrected chi connectivity index (χ4v) is 2.54. The Labute approximate surface area is 126 Å². The maximum atomic E-state index is 12.3. The van der Waals surface area contributed by atoms with Crippen LogP contribution in [0.1, 0.15) is 45.1 Å². The summed E-state index contributed by atoms with van der Waals surface area (Å²) >= 11 is 0. The van der Waals surface area contributed by atoms with Crippen molar-refractivity contribution in [2.75, 3.05) is 0 Å². The average molecular weight is 288 g/mol. The molecule has 0 atom stereocenters. The zero-order valence-corrected chi connectivity index (χ0v) is 12.8. The van der Waals surface area contributed by atoms with Gasteiger partial charge in [-0.2, -0.15) is 0 Å². The van der Waals surface area contributed by atoms with Gasteiger partial charge in [-0.05, 0) is 32.3 Å². The lowest BCUT2D eigenvalue weighted by Crippen LogP contribution is -2.49. The van der Waals surface area contributed by atoms with E-state index in [1.54, 1.807) is 13.8 Å². The molecule has 1 aliphatic carbocycles. The Morgan fingerprint density at radius 2 is 1.71 bits per heavy atom. The van der Waals surface area contributed by atoms with Gasteiger partial charge >= 0.3 is 0 Å². The lowest BCUT2D eigenvalue weighted by Gasteiger charge is -2.25. The predicted molar refractivity (Wildman–Crippen MR) is 82.5 cm³/mol. The van der Waals surface area contributed by atoms with E-state index in [1.165, 1.54) is 0 Å². The standard InChI is InChI=1S/C17H24N2O2/c1-17(2,16(21)19-14-10-6-7-11-14)15(20)18-12-13-8-4-3-5-9-13/h3-5,8-9,14H,6-7,10-12H2,1-2H3,(H,18,20)(H,19,21). The topological polar surface area (TPSA) is 58.2 Å². The Morgan fingerprint density at radius 3 is 2.33 bits per heavy atom. The zero-order chi connectivity index (χ0) is 15.3. The summed E-state index contributed by atoms with van der Waals surface area (Å²) < 4.78 is 0. The Hall–Kier alpha value is -1.84. The summed E-state index contributed by atoms with van der Waals surface area (Å²) in [5.41, 5.74) is -0.0185. The molecule has 0 radical (unpaired) electrons.